The van der Waals surface area contributed by atoms with Crippen LogP contribution in [0, 0.1) is 5.82 Å². The van der Waals surface area contributed by atoms with E-state index in [-0.39, 0.29) is 35.7 Å². The van der Waals surface area contributed by atoms with E-state index in [0.717, 1.165) is 30.5 Å². The van der Waals surface area contributed by atoms with Crippen molar-refractivity contribution in [2.45, 2.75) is 57.2 Å². The summed E-state index contributed by atoms with van der Waals surface area (Å²) in [6, 6.07) is 8.45. The Kier molecular flexibility index (Phi) is 5.88. The van der Waals surface area contributed by atoms with E-state index < -0.39 is 5.54 Å². The molecule has 0 radical (unpaired) electrons. The summed E-state index contributed by atoms with van der Waals surface area (Å²) >= 11 is 0. The number of aromatic nitrogens is 1. The van der Waals surface area contributed by atoms with Gasteiger partial charge in [0.05, 0.1) is 18.3 Å². The van der Waals surface area contributed by atoms with Gasteiger partial charge in [-0.1, -0.05) is 0 Å². The summed E-state index contributed by atoms with van der Waals surface area (Å²) in [5.74, 6) is 0.403. The Morgan fingerprint density at radius 2 is 2.07 bits per heavy atom. The van der Waals surface area contributed by atoms with Gasteiger partial charge in [0.2, 0.25) is 5.91 Å². The number of benzene rings is 1. The molecule has 4 rings (SSSR count). The van der Waals surface area contributed by atoms with Crippen LogP contribution in [-0.4, -0.2) is 28.6 Å². The summed E-state index contributed by atoms with van der Waals surface area (Å²) in [6.07, 6.45) is 4.04. The van der Waals surface area contributed by atoms with Crippen molar-refractivity contribution in [3.63, 3.8) is 0 Å². The van der Waals surface area contributed by atoms with E-state index in [1.165, 1.54) is 6.07 Å². The van der Waals surface area contributed by atoms with Crippen molar-refractivity contribution < 1.29 is 13.9 Å². The first-order valence-corrected chi connectivity index (χ1v) is 9.81. The molecule has 0 saturated carbocycles. The van der Waals surface area contributed by atoms with Gasteiger partial charge in [0, 0.05) is 17.3 Å². The monoisotopic (exact) mass is 419 g/mol. The van der Waals surface area contributed by atoms with E-state index in [4.69, 9.17) is 4.74 Å². The lowest BCUT2D eigenvalue weighted by molar-refractivity contribution is -0.124. The Hall–Kier alpha value is -2.18. The minimum atomic E-state index is -0.536. The van der Waals surface area contributed by atoms with Crippen LogP contribution in [0.15, 0.2) is 36.5 Å². The summed E-state index contributed by atoms with van der Waals surface area (Å²) < 4.78 is 19.9. The molecule has 1 aromatic carbocycles. The number of hydrogen-bond acceptors (Lipinski definition) is 4. The molecular formula is C22H27ClFN3O2. The van der Waals surface area contributed by atoms with Crippen LogP contribution >= 0.6 is 12.4 Å². The highest BCUT2D eigenvalue weighted by molar-refractivity contribution is 5.90. The van der Waals surface area contributed by atoms with E-state index in [9.17, 15) is 9.18 Å². The highest BCUT2D eigenvalue weighted by Crippen LogP contribution is 2.41. The fraction of sp³-hybridized carbons (Fsp3) is 0.455. The van der Waals surface area contributed by atoms with Crippen LogP contribution in [0.25, 0.3) is 11.1 Å². The van der Waals surface area contributed by atoms with Crippen molar-refractivity contribution in [2.75, 3.05) is 6.61 Å². The Morgan fingerprint density at radius 3 is 2.76 bits per heavy atom. The van der Waals surface area contributed by atoms with Crippen LogP contribution in [0.4, 0.5) is 4.39 Å². The fourth-order valence-electron chi connectivity index (χ4n) is 4.50. The number of carbonyl (C=O) groups is 1. The van der Waals surface area contributed by atoms with Gasteiger partial charge in [-0.05, 0) is 75.9 Å². The normalized spacial score (nSPS) is 25.0. The SMILES string of the molecule is CCOc1ccc(F)c(-c2ccnc([C@H]3CC[C@@]4(CC(C)(C)NC4=O)N3)c2)c1.Cl. The van der Waals surface area contributed by atoms with E-state index in [2.05, 4.69) is 15.6 Å². The van der Waals surface area contributed by atoms with Gasteiger partial charge in [-0.2, -0.15) is 0 Å². The molecule has 5 nitrogen and oxygen atoms in total. The van der Waals surface area contributed by atoms with Crippen molar-refractivity contribution in [3.05, 3.63) is 48.0 Å². The quantitative estimate of drug-likeness (QED) is 0.780. The summed E-state index contributed by atoms with van der Waals surface area (Å²) in [7, 11) is 0. The number of nitrogens with zero attached hydrogens (tertiary/aromatic N) is 1. The van der Waals surface area contributed by atoms with Crippen LogP contribution in [0.1, 0.15) is 51.8 Å². The minimum absolute atomic E-state index is 0. The van der Waals surface area contributed by atoms with Gasteiger partial charge < -0.3 is 10.1 Å². The number of hydrogen-bond donors (Lipinski definition) is 2. The summed E-state index contributed by atoms with van der Waals surface area (Å²) in [4.78, 5) is 17.1. The number of ether oxygens (including phenoxy) is 1. The first kappa shape index (κ1) is 21.5. The largest absolute Gasteiger partial charge is 0.494 e. The molecule has 2 aliphatic heterocycles. The van der Waals surface area contributed by atoms with Gasteiger partial charge >= 0.3 is 0 Å². The Bertz CT molecular complexity index is 921. The molecule has 3 heterocycles. The van der Waals surface area contributed by atoms with E-state index in [1.807, 2.05) is 26.8 Å². The van der Waals surface area contributed by atoms with Crippen LogP contribution in [0.3, 0.4) is 0 Å². The molecule has 2 saturated heterocycles. The smallest absolute Gasteiger partial charge is 0.240 e. The van der Waals surface area contributed by atoms with Gasteiger partial charge in [-0.25, -0.2) is 4.39 Å². The first-order chi connectivity index (χ1) is 13.3. The molecule has 0 aliphatic carbocycles. The summed E-state index contributed by atoms with van der Waals surface area (Å²) in [5, 5.41) is 6.60. The maximum absolute atomic E-state index is 14.4. The number of halogens is 2. The first-order valence-electron chi connectivity index (χ1n) is 9.81. The van der Waals surface area contributed by atoms with E-state index >= 15 is 0 Å². The molecule has 0 bridgehead atoms. The zero-order chi connectivity index (χ0) is 19.9. The van der Waals surface area contributed by atoms with Crippen LogP contribution in [0.5, 0.6) is 5.75 Å². The number of carbonyl (C=O) groups excluding carboxylic acids is 1. The zero-order valence-corrected chi connectivity index (χ0v) is 17.7. The zero-order valence-electron chi connectivity index (χ0n) is 16.9. The Morgan fingerprint density at radius 1 is 1.28 bits per heavy atom. The molecular weight excluding hydrogens is 393 g/mol. The Labute approximate surface area is 176 Å². The third kappa shape index (κ3) is 4.09. The third-order valence-corrected chi connectivity index (χ3v) is 5.64. The molecule has 29 heavy (non-hydrogen) atoms. The second kappa shape index (κ2) is 7.92. The van der Waals surface area contributed by atoms with Gasteiger partial charge in [0.15, 0.2) is 0 Å². The molecule has 2 aliphatic rings. The lowest BCUT2D eigenvalue weighted by atomic mass is 9.88. The van der Waals surface area contributed by atoms with Crippen LogP contribution < -0.4 is 15.4 Å². The molecule has 156 valence electrons. The van der Waals surface area contributed by atoms with Gasteiger partial charge in [-0.3, -0.25) is 15.1 Å². The molecule has 2 atom stereocenters. The van der Waals surface area contributed by atoms with Gasteiger partial charge in [0.1, 0.15) is 17.1 Å². The lowest BCUT2D eigenvalue weighted by Gasteiger charge is -2.24. The standard InChI is InChI=1S/C22H26FN3O2.ClH/c1-4-28-15-5-6-17(23)16(12-15)14-8-10-24-19(11-14)18-7-9-22(25-18)13-21(2,3)26-20(22)27;/h5-6,8,10-12,18,25H,4,7,9,13H2,1-3H3,(H,26,27);1H/t18-,22+;/m1./s1. The minimum Gasteiger partial charge on any atom is -0.494 e. The van der Waals surface area contributed by atoms with E-state index in [1.54, 1.807) is 24.4 Å². The Balaban J connectivity index is 0.00000240. The predicted molar refractivity (Wildman–Crippen MR) is 113 cm³/mol. The van der Waals surface area contributed by atoms with Gasteiger partial charge in [-0.15, -0.1) is 12.4 Å². The molecule has 1 spiro atoms. The van der Waals surface area contributed by atoms with Crippen molar-refractivity contribution >= 4 is 18.3 Å². The topological polar surface area (TPSA) is 63.2 Å². The average molecular weight is 420 g/mol. The van der Waals surface area contributed by atoms with Crippen LogP contribution in [0.2, 0.25) is 0 Å². The molecule has 2 fully saturated rings. The molecule has 7 heteroatoms. The second-order valence-corrected chi connectivity index (χ2v) is 8.38. The molecule has 1 amide bonds. The summed E-state index contributed by atoms with van der Waals surface area (Å²) in [5.41, 5.74) is 1.32. The van der Waals surface area contributed by atoms with Crippen molar-refractivity contribution in [2.24, 2.45) is 0 Å². The second-order valence-electron chi connectivity index (χ2n) is 8.38. The number of amides is 1. The maximum Gasteiger partial charge on any atom is 0.240 e. The number of pyridine rings is 1. The van der Waals surface area contributed by atoms with Gasteiger partial charge in [0.25, 0.3) is 0 Å². The maximum atomic E-state index is 14.4. The van der Waals surface area contributed by atoms with E-state index in [0.29, 0.717) is 17.9 Å². The molecule has 1 aromatic heterocycles. The number of nitrogens with one attached hydrogen (secondary N) is 2. The molecule has 2 N–H and O–H groups in total. The molecule has 2 aromatic rings. The number of rotatable bonds is 4. The fourth-order valence-corrected chi connectivity index (χ4v) is 4.50. The third-order valence-electron chi connectivity index (χ3n) is 5.64. The van der Waals surface area contributed by atoms with Crippen LogP contribution in [-0.2, 0) is 4.79 Å². The predicted octanol–water partition coefficient (Wildman–Crippen LogP) is 4.17. The lowest BCUT2D eigenvalue weighted by Crippen LogP contribution is -2.47. The molecule has 0 unspecified atom stereocenters. The van der Waals surface area contributed by atoms with Crippen molar-refractivity contribution in [1.82, 2.24) is 15.6 Å². The summed E-state index contributed by atoms with van der Waals surface area (Å²) in [6.45, 7) is 6.51. The average Bonchev–Trinajstić information content (AvgIpc) is 3.17. The van der Waals surface area contributed by atoms with Crippen molar-refractivity contribution in [3.8, 4) is 16.9 Å². The van der Waals surface area contributed by atoms with Crippen molar-refractivity contribution in [1.29, 1.82) is 0 Å². The highest BCUT2D eigenvalue weighted by Gasteiger charge is 2.54. The highest BCUT2D eigenvalue weighted by atomic mass is 35.5.